The van der Waals surface area contributed by atoms with Crippen molar-refractivity contribution in [1.29, 1.82) is 0 Å². The fraction of sp³-hybridized carbons (Fsp3) is 0.500. The van der Waals surface area contributed by atoms with Crippen LogP contribution in [0, 0.1) is 5.92 Å². The molecule has 18 heavy (non-hydrogen) atoms. The van der Waals surface area contributed by atoms with Gasteiger partial charge in [0.15, 0.2) is 0 Å². The number of hydrogen-bond donors (Lipinski definition) is 2. The van der Waals surface area contributed by atoms with Crippen molar-refractivity contribution in [3.63, 3.8) is 0 Å². The molecule has 1 aromatic carbocycles. The molecule has 3 N–H and O–H groups in total. The van der Waals surface area contributed by atoms with Crippen LogP contribution in [0.15, 0.2) is 24.3 Å². The second kappa shape index (κ2) is 6.21. The van der Waals surface area contributed by atoms with Crippen LogP contribution in [0.4, 0.5) is 0 Å². The first kappa shape index (κ1) is 13.4. The summed E-state index contributed by atoms with van der Waals surface area (Å²) in [5.74, 6) is 0.302. The highest BCUT2D eigenvalue weighted by Crippen LogP contribution is 2.24. The summed E-state index contributed by atoms with van der Waals surface area (Å²) >= 11 is 6.02. The van der Waals surface area contributed by atoms with Gasteiger partial charge in [0.1, 0.15) is 0 Å². The van der Waals surface area contributed by atoms with E-state index in [0.717, 1.165) is 19.3 Å². The van der Waals surface area contributed by atoms with E-state index in [-0.39, 0.29) is 11.9 Å². The molecule has 2 unspecified atom stereocenters. The third kappa shape index (κ3) is 3.03. The molecule has 98 valence electrons. The largest absolute Gasteiger partial charge is 0.349 e. The Balaban J connectivity index is 2.04. The van der Waals surface area contributed by atoms with E-state index in [1.54, 1.807) is 12.1 Å². The van der Waals surface area contributed by atoms with Crippen molar-refractivity contribution < 1.29 is 4.79 Å². The molecule has 2 atom stereocenters. The lowest BCUT2D eigenvalue weighted by molar-refractivity contribution is 0.0908. The van der Waals surface area contributed by atoms with Crippen molar-refractivity contribution in [1.82, 2.24) is 5.32 Å². The molecule has 0 aliphatic heterocycles. The Labute approximate surface area is 113 Å². The molecule has 1 aliphatic rings. The van der Waals surface area contributed by atoms with Crippen molar-refractivity contribution in [3.8, 4) is 0 Å². The van der Waals surface area contributed by atoms with Gasteiger partial charge in [0.2, 0.25) is 0 Å². The third-order valence-electron chi connectivity index (χ3n) is 3.65. The minimum absolute atomic E-state index is 0.0917. The summed E-state index contributed by atoms with van der Waals surface area (Å²) in [4.78, 5) is 12.2. The number of nitrogens with one attached hydrogen (secondary N) is 1. The number of hydrogen-bond acceptors (Lipinski definition) is 2. The highest BCUT2D eigenvalue weighted by atomic mass is 35.5. The first-order valence-corrected chi connectivity index (χ1v) is 6.85. The maximum absolute atomic E-state index is 12.2. The fourth-order valence-electron chi connectivity index (χ4n) is 2.57. The second-order valence-electron chi connectivity index (χ2n) is 4.84. The molecule has 0 aromatic heterocycles. The van der Waals surface area contributed by atoms with Crippen molar-refractivity contribution in [2.45, 2.75) is 31.7 Å². The second-order valence-corrected chi connectivity index (χ2v) is 5.25. The van der Waals surface area contributed by atoms with Crippen molar-refractivity contribution >= 4 is 17.5 Å². The molecule has 0 heterocycles. The normalized spacial score (nSPS) is 23.7. The first-order chi connectivity index (χ1) is 8.72. The molecule has 0 saturated heterocycles. The number of carbonyl (C=O) groups is 1. The molecule has 2 rings (SSSR count). The fourth-order valence-corrected chi connectivity index (χ4v) is 2.79. The van der Waals surface area contributed by atoms with E-state index in [0.29, 0.717) is 23.0 Å². The van der Waals surface area contributed by atoms with Gasteiger partial charge in [-0.1, -0.05) is 36.6 Å². The van der Waals surface area contributed by atoms with Crippen LogP contribution in [0.5, 0.6) is 0 Å². The van der Waals surface area contributed by atoms with E-state index in [1.807, 2.05) is 12.1 Å². The minimum Gasteiger partial charge on any atom is -0.349 e. The van der Waals surface area contributed by atoms with Crippen LogP contribution < -0.4 is 11.1 Å². The highest BCUT2D eigenvalue weighted by molar-refractivity contribution is 6.33. The molecule has 1 saturated carbocycles. The molecule has 3 nitrogen and oxygen atoms in total. The molecule has 1 aliphatic carbocycles. The van der Waals surface area contributed by atoms with Crippen LogP contribution in [-0.2, 0) is 0 Å². The number of amides is 1. The topological polar surface area (TPSA) is 55.1 Å². The Bertz CT molecular complexity index is 422. The minimum atomic E-state index is -0.0917. The molecular formula is C14H19ClN2O. The van der Waals surface area contributed by atoms with Gasteiger partial charge in [0.05, 0.1) is 10.6 Å². The quantitative estimate of drug-likeness (QED) is 0.884. The molecule has 1 fully saturated rings. The zero-order chi connectivity index (χ0) is 13.0. The Morgan fingerprint density at radius 2 is 2.06 bits per heavy atom. The van der Waals surface area contributed by atoms with E-state index in [2.05, 4.69) is 5.32 Å². The predicted octanol–water partition coefficient (Wildman–Crippen LogP) is 2.59. The van der Waals surface area contributed by atoms with Crippen molar-refractivity contribution in [2.24, 2.45) is 11.7 Å². The Morgan fingerprint density at radius 3 is 2.78 bits per heavy atom. The van der Waals surface area contributed by atoms with Gasteiger partial charge in [-0.2, -0.15) is 0 Å². The number of halogens is 1. The SMILES string of the molecule is NCC1CCCCC1NC(=O)c1ccccc1Cl. The van der Waals surface area contributed by atoms with Crippen LogP contribution in [0.25, 0.3) is 0 Å². The Hall–Kier alpha value is -1.06. The summed E-state index contributed by atoms with van der Waals surface area (Å²) in [6.07, 6.45) is 4.48. The zero-order valence-electron chi connectivity index (χ0n) is 10.4. The van der Waals surface area contributed by atoms with Crippen molar-refractivity contribution in [3.05, 3.63) is 34.9 Å². The first-order valence-electron chi connectivity index (χ1n) is 6.48. The standard InChI is InChI=1S/C14H19ClN2O/c15-12-7-3-2-6-11(12)14(18)17-13-8-4-1-5-10(13)9-16/h2-3,6-7,10,13H,1,4-5,8-9,16H2,(H,17,18). The summed E-state index contributed by atoms with van der Waals surface area (Å²) in [6, 6.07) is 7.31. The number of nitrogens with two attached hydrogens (primary N) is 1. The maximum Gasteiger partial charge on any atom is 0.253 e. The predicted molar refractivity (Wildman–Crippen MR) is 73.7 cm³/mol. The lowest BCUT2D eigenvalue weighted by Crippen LogP contribution is -2.44. The lowest BCUT2D eigenvalue weighted by Gasteiger charge is -2.31. The van der Waals surface area contributed by atoms with Crippen LogP contribution in [-0.4, -0.2) is 18.5 Å². The van der Waals surface area contributed by atoms with Gasteiger partial charge in [-0.25, -0.2) is 0 Å². The molecular weight excluding hydrogens is 248 g/mol. The molecule has 0 bridgehead atoms. The summed E-state index contributed by atoms with van der Waals surface area (Å²) in [6.45, 7) is 0.632. The van der Waals surface area contributed by atoms with E-state index >= 15 is 0 Å². The summed E-state index contributed by atoms with van der Waals surface area (Å²) in [7, 11) is 0. The average molecular weight is 267 g/mol. The molecule has 0 radical (unpaired) electrons. The summed E-state index contributed by atoms with van der Waals surface area (Å²) in [5.41, 5.74) is 6.30. The van der Waals surface area contributed by atoms with E-state index in [1.165, 1.54) is 6.42 Å². The van der Waals surface area contributed by atoms with Gasteiger partial charge in [-0.15, -0.1) is 0 Å². The van der Waals surface area contributed by atoms with E-state index < -0.39 is 0 Å². The van der Waals surface area contributed by atoms with Gasteiger partial charge in [0, 0.05) is 6.04 Å². The van der Waals surface area contributed by atoms with Gasteiger partial charge in [-0.05, 0) is 37.4 Å². The van der Waals surface area contributed by atoms with Crippen LogP contribution >= 0.6 is 11.6 Å². The average Bonchev–Trinajstić information content (AvgIpc) is 2.39. The maximum atomic E-state index is 12.2. The number of rotatable bonds is 3. The number of carbonyl (C=O) groups excluding carboxylic acids is 1. The highest BCUT2D eigenvalue weighted by Gasteiger charge is 2.26. The van der Waals surface area contributed by atoms with Gasteiger partial charge >= 0.3 is 0 Å². The van der Waals surface area contributed by atoms with Gasteiger partial charge in [0.25, 0.3) is 5.91 Å². The molecule has 1 aromatic rings. The molecule has 4 heteroatoms. The Morgan fingerprint density at radius 1 is 1.33 bits per heavy atom. The molecule has 0 spiro atoms. The summed E-state index contributed by atoms with van der Waals surface area (Å²) in [5, 5.41) is 3.57. The molecule has 1 amide bonds. The summed E-state index contributed by atoms with van der Waals surface area (Å²) < 4.78 is 0. The monoisotopic (exact) mass is 266 g/mol. The van der Waals surface area contributed by atoms with Crippen LogP contribution in [0.1, 0.15) is 36.0 Å². The van der Waals surface area contributed by atoms with E-state index in [9.17, 15) is 4.79 Å². The van der Waals surface area contributed by atoms with Gasteiger partial charge < -0.3 is 11.1 Å². The van der Waals surface area contributed by atoms with Gasteiger partial charge in [-0.3, -0.25) is 4.79 Å². The van der Waals surface area contributed by atoms with Crippen molar-refractivity contribution in [2.75, 3.05) is 6.54 Å². The lowest BCUT2D eigenvalue weighted by atomic mass is 9.84. The third-order valence-corrected chi connectivity index (χ3v) is 3.98. The van der Waals surface area contributed by atoms with Crippen LogP contribution in [0.2, 0.25) is 5.02 Å². The Kier molecular flexibility index (Phi) is 4.61. The van der Waals surface area contributed by atoms with E-state index in [4.69, 9.17) is 17.3 Å². The van der Waals surface area contributed by atoms with Crippen LogP contribution in [0.3, 0.4) is 0 Å². The number of benzene rings is 1. The smallest absolute Gasteiger partial charge is 0.253 e. The zero-order valence-corrected chi connectivity index (χ0v) is 11.1.